The van der Waals surface area contributed by atoms with Crippen molar-refractivity contribution in [3.63, 3.8) is 0 Å². The van der Waals surface area contributed by atoms with Crippen LogP contribution in [0.25, 0.3) is 0 Å². The van der Waals surface area contributed by atoms with Crippen LogP contribution in [-0.4, -0.2) is 52.4 Å². The van der Waals surface area contributed by atoms with Crippen molar-refractivity contribution in [1.82, 2.24) is 14.8 Å². The molecular weight excluding hydrogens is 254 g/mol. The average molecular weight is 277 g/mol. The minimum absolute atomic E-state index is 0.0318. The van der Waals surface area contributed by atoms with Crippen LogP contribution in [0.2, 0.25) is 0 Å². The summed E-state index contributed by atoms with van der Waals surface area (Å²) in [7, 11) is 0. The second-order valence-electron chi connectivity index (χ2n) is 6.00. The number of anilines is 1. The van der Waals surface area contributed by atoms with Crippen molar-refractivity contribution in [1.29, 1.82) is 0 Å². The van der Waals surface area contributed by atoms with Gasteiger partial charge in [0.2, 0.25) is 0 Å². The highest BCUT2D eigenvalue weighted by Crippen LogP contribution is 2.17. The number of nitrogens with zero attached hydrogens (tertiary/aromatic N) is 3. The van der Waals surface area contributed by atoms with Crippen LogP contribution < -0.4 is 11.3 Å². The monoisotopic (exact) mass is 277 g/mol. The summed E-state index contributed by atoms with van der Waals surface area (Å²) >= 11 is 0. The van der Waals surface area contributed by atoms with Crippen LogP contribution in [0.5, 0.6) is 0 Å². The highest BCUT2D eigenvalue weighted by atomic mass is 16.2. The smallest absolute Gasteiger partial charge is 0.272 e. The third-order valence-electron chi connectivity index (χ3n) is 3.63. The highest BCUT2D eigenvalue weighted by Gasteiger charge is 2.28. The van der Waals surface area contributed by atoms with Crippen molar-refractivity contribution in [2.45, 2.75) is 26.3 Å². The van der Waals surface area contributed by atoms with Gasteiger partial charge >= 0.3 is 0 Å². The first-order valence-electron chi connectivity index (χ1n) is 6.90. The lowest BCUT2D eigenvalue weighted by atomic mass is 10.0. The second kappa shape index (κ2) is 5.76. The topological polar surface area (TPSA) is 74.5 Å². The molecule has 0 aliphatic carbocycles. The fourth-order valence-corrected chi connectivity index (χ4v) is 2.38. The number of pyridine rings is 1. The summed E-state index contributed by atoms with van der Waals surface area (Å²) in [6, 6.07) is 5.23. The zero-order valence-electron chi connectivity index (χ0n) is 12.4. The van der Waals surface area contributed by atoms with Crippen LogP contribution in [0.4, 0.5) is 5.82 Å². The van der Waals surface area contributed by atoms with E-state index in [0.29, 0.717) is 11.5 Å². The number of carbonyl (C=O) groups excluding carboxylic acids is 1. The molecule has 0 spiro atoms. The number of carbonyl (C=O) groups is 1. The SMILES string of the molecule is CC(C)(C)N1CCN(C(=O)c2cccc(NN)n2)CC1. The Hall–Kier alpha value is -1.66. The summed E-state index contributed by atoms with van der Waals surface area (Å²) in [6.07, 6.45) is 0. The number of nitrogens with one attached hydrogen (secondary N) is 1. The molecule has 1 aliphatic heterocycles. The Labute approximate surface area is 119 Å². The van der Waals surface area contributed by atoms with Crippen LogP contribution in [0, 0.1) is 0 Å². The summed E-state index contributed by atoms with van der Waals surface area (Å²) in [5.41, 5.74) is 3.05. The second-order valence-corrected chi connectivity index (χ2v) is 6.00. The fraction of sp³-hybridized carbons (Fsp3) is 0.571. The first-order chi connectivity index (χ1) is 9.41. The predicted molar refractivity (Wildman–Crippen MR) is 79.3 cm³/mol. The normalized spacial score (nSPS) is 17.1. The molecule has 1 fully saturated rings. The molecule has 1 aromatic heterocycles. The van der Waals surface area contributed by atoms with Crippen molar-refractivity contribution in [2.24, 2.45) is 5.84 Å². The van der Waals surface area contributed by atoms with E-state index >= 15 is 0 Å². The Morgan fingerprint density at radius 1 is 1.25 bits per heavy atom. The van der Waals surface area contributed by atoms with Crippen molar-refractivity contribution in [2.75, 3.05) is 31.6 Å². The molecule has 0 radical (unpaired) electrons. The van der Waals surface area contributed by atoms with Gasteiger partial charge in [0.1, 0.15) is 11.5 Å². The van der Waals surface area contributed by atoms with E-state index < -0.39 is 0 Å². The molecule has 0 aromatic carbocycles. The molecule has 6 nitrogen and oxygen atoms in total. The van der Waals surface area contributed by atoms with Crippen LogP contribution in [0.15, 0.2) is 18.2 Å². The number of aromatic nitrogens is 1. The van der Waals surface area contributed by atoms with Crippen LogP contribution >= 0.6 is 0 Å². The van der Waals surface area contributed by atoms with Gasteiger partial charge in [-0.3, -0.25) is 9.69 Å². The van der Waals surface area contributed by atoms with E-state index in [-0.39, 0.29) is 11.4 Å². The molecular formula is C14H23N5O. The molecule has 20 heavy (non-hydrogen) atoms. The number of rotatable bonds is 2. The molecule has 0 bridgehead atoms. The van der Waals surface area contributed by atoms with Gasteiger partial charge in [0, 0.05) is 31.7 Å². The molecule has 3 N–H and O–H groups in total. The van der Waals surface area contributed by atoms with Gasteiger partial charge in [0.05, 0.1) is 0 Å². The first kappa shape index (κ1) is 14.7. The summed E-state index contributed by atoms with van der Waals surface area (Å²) in [6.45, 7) is 9.84. The van der Waals surface area contributed by atoms with Gasteiger partial charge in [0.25, 0.3) is 5.91 Å². The maximum absolute atomic E-state index is 12.4. The minimum Gasteiger partial charge on any atom is -0.335 e. The lowest BCUT2D eigenvalue weighted by Crippen LogP contribution is -2.54. The van der Waals surface area contributed by atoms with Crippen molar-refractivity contribution in [3.05, 3.63) is 23.9 Å². The zero-order valence-corrected chi connectivity index (χ0v) is 12.4. The minimum atomic E-state index is -0.0318. The number of hydrogen-bond acceptors (Lipinski definition) is 5. The van der Waals surface area contributed by atoms with E-state index in [2.05, 4.69) is 36.1 Å². The number of nitrogen functional groups attached to an aromatic ring is 1. The van der Waals surface area contributed by atoms with E-state index in [9.17, 15) is 4.79 Å². The number of piperazine rings is 1. The van der Waals surface area contributed by atoms with Crippen molar-refractivity contribution in [3.8, 4) is 0 Å². The Morgan fingerprint density at radius 2 is 1.90 bits per heavy atom. The van der Waals surface area contributed by atoms with Crippen LogP contribution in [-0.2, 0) is 0 Å². The van der Waals surface area contributed by atoms with Gasteiger partial charge in [-0.15, -0.1) is 0 Å². The largest absolute Gasteiger partial charge is 0.335 e. The molecule has 2 heterocycles. The third-order valence-corrected chi connectivity index (χ3v) is 3.63. The highest BCUT2D eigenvalue weighted by molar-refractivity contribution is 5.92. The lowest BCUT2D eigenvalue weighted by Gasteiger charge is -2.42. The predicted octanol–water partition coefficient (Wildman–Crippen LogP) is 0.924. The molecule has 1 saturated heterocycles. The molecule has 1 aliphatic rings. The third kappa shape index (κ3) is 3.26. The first-order valence-corrected chi connectivity index (χ1v) is 6.90. The van der Waals surface area contributed by atoms with E-state index in [4.69, 9.17) is 5.84 Å². The number of amides is 1. The van der Waals surface area contributed by atoms with Gasteiger partial charge in [-0.25, -0.2) is 10.8 Å². The van der Waals surface area contributed by atoms with Gasteiger partial charge in [-0.05, 0) is 32.9 Å². The lowest BCUT2D eigenvalue weighted by molar-refractivity contribution is 0.0447. The average Bonchev–Trinajstić information content (AvgIpc) is 2.46. The van der Waals surface area contributed by atoms with E-state index in [1.54, 1.807) is 18.2 Å². The summed E-state index contributed by atoms with van der Waals surface area (Å²) < 4.78 is 0. The number of nitrogens with two attached hydrogens (primary N) is 1. The van der Waals surface area contributed by atoms with Gasteiger partial charge in [0.15, 0.2) is 0 Å². The molecule has 6 heteroatoms. The van der Waals surface area contributed by atoms with Crippen LogP contribution in [0.3, 0.4) is 0 Å². The molecule has 1 amide bonds. The molecule has 2 rings (SSSR count). The van der Waals surface area contributed by atoms with Crippen molar-refractivity contribution >= 4 is 11.7 Å². The molecule has 110 valence electrons. The fourth-order valence-electron chi connectivity index (χ4n) is 2.38. The summed E-state index contributed by atoms with van der Waals surface area (Å²) in [5, 5.41) is 0. The van der Waals surface area contributed by atoms with Crippen molar-refractivity contribution < 1.29 is 4.79 Å². The molecule has 0 atom stereocenters. The molecule has 0 saturated carbocycles. The zero-order chi connectivity index (χ0) is 14.8. The Balaban J connectivity index is 2.01. The quantitative estimate of drug-likeness (QED) is 0.621. The summed E-state index contributed by atoms with van der Waals surface area (Å²) in [5.74, 6) is 5.79. The van der Waals surface area contributed by atoms with Gasteiger partial charge in [-0.2, -0.15) is 0 Å². The maximum Gasteiger partial charge on any atom is 0.272 e. The Bertz CT molecular complexity index is 475. The maximum atomic E-state index is 12.4. The number of hydrogen-bond donors (Lipinski definition) is 2. The van der Waals surface area contributed by atoms with Gasteiger partial charge in [-0.1, -0.05) is 6.07 Å². The molecule has 1 aromatic rings. The van der Waals surface area contributed by atoms with Gasteiger partial charge < -0.3 is 10.3 Å². The van der Waals surface area contributed by atoms with E-state index in [1.807, 2.05) is 4.90 Å². The van der Waals surface area contributed by atoms with E-state index in [1.165, 1.54) is 0 Å². The summed E-state index contributed by atoms with van der Waals surface area (Å²) in [4.78, 5) is 20.8. The number of hydrazine groups is 1. The van der Waals surface area contributed by atoms with E-state index in [0.717, 1.165) is 26.2 Å². The standard InChI is InChI=1S/C14H23N5O/c1-14(2,3)19-9-7-18(8-10-19)13(20)11-5-4-6-12(16-11)17-15/h4-6H,7-10,15H2,1-3H3,(H,16,17). The van der Waals surface area contributed by atoms with Crippen LogP contribution in [0.1, 0.15) is 31.3 Å². The Kier molecular flexibility index (Phi) is 4.25. The molecule has 0 unspecified atom stereocenters. The Morgan fingerprint density at radius 3 is 2.45 bits per heavy atom.